The zero-order chi connectivity index (χ0) is 22.7. The molecule has 7 nitrogen and oxygen atoms in total. The number of nitro groups is 1. The summed E-state index contributed by atoms with van der Waals surface area (Å²) < 4.78 is 27.5. The average molecular weight is 486 g/mol. The summed E-state index contributed by atoms with van der Waals surface area (Å²) in [7, 11) is -3.94. The van der Waals surface area contributed by atoms with Crippen LogP contribution >= 0.6 is 22.9 Å². The molecule has 0 saturated carbocycles. The normalized spacial score (nSPS) is 11.4. The van der Waals surface area contributed by atoms with Gasteiger partial charge >= 0.3 is 0 Å². The summed E-state index contributed by atoms with van der Waals surface area (Å²) in [5.41, 5.74) is 3.15. The fourth-order valence-electron chi connectivity index (χ4n) is 2.97. The third-order valence-electron chi connectivity index (χ3n) is 4.67. The number of hydrogen-bond acceptors (Lipinski definition) is 6. The fourth-order valence-corrected chi connectivity index (χ4v) is 5.03. The van der Waals surface area contributed by atoms with E-state index in [0.717, 1.165) is 33.5 Å². The van der Waals surface area contributed by atoms with Crippen molar-refractivity contribution in [1.29, 1.82) is 0 Å². The van der Waals surface area contributed by atoms with Crippen molar-refractivity contribution in [3.05, 3.63) is 98.9 Å². The van der Waals surface area contributed by atoms with Gasteiger partial charge in [-0.1, -0.05) is 66.2 Å². The number of sulfonamides is 1. The maximum Gasteiger partial charge on any atom is 0.289 e. The Balaban J connectivity index is 1.46. The fraction of sp³-hybridized carbons (Fsp3) is 0.0455. The van der Waals surface area contributed by atoms with Gasteiger partial charge in [0.15, 0.2) is 0 Å². The molecule has 0 atom stereocenters. The molecule has 162 valence electrons. The van der Waals surface area contributed by atoms with Crippen LogP contribution in [0.5, 0.6) is 0 Å². The molecule has 4 aromatic rings. The molecule has 32 heavy (non-hydrogen) atoms. The molecule has 0 spiro atoms. The van der Waals surface area contributed by atoms with Crippen LogP contribution in [0.2, 0.25) is 5.02 Å². The van der Waals surface area contributed by atoms with Gasteiger partial charge in [0.2, 0.25) is 10.0 Å². The Bertz CT molecular complexity index is 1370. The van der Waals surface area contributed by atoms with Gasteiger partial charge in [0, 0.05) is 29.1 Å². The highest BCUT2D eigenvalue weighted by molar-refractivity contribution is 7.89. The zero-order valence-corrected chi connectivity index (χ0v) is 18.8. The topological polar surface area (TPSA) is 102 Å². The summed E-state index contributed by atoms with van der Waals surface area (Å²) >= 11 is 7.29. The molecular formula is C22H16ClN3O4S2. The number of nitrogens with zero attached hydrogens (tertiary/aromatic N) is 2. The third kappa shape index (κ3) is 4.86. The lowest BCUT2D eigenvalue weighted by atomic mass is 10.1. The number of benzene rings is 3. The Hall–Kier alpha value is -3.11. The van der Waals surface area contributed by atoms with Crippen molar-refractivity contribution in [3.8, 4) is 21.8 Å². The van der Waals surface area contributed by atoms with Crippen LogP contribution < -0.4 is 4.72 Å². The minimum Gasteiger partial charge on any atom is -0.258 e. The Kier molecular flexibility index (Phi) is 6.33. The Morgan fingerprint density at radius 1 is 1.00 bits per heavy atom. The minimum atomic E-state index is -3.94. The molecule has 1 N–H and O–H groups in total. The molecule has 0 bridgehead atoms. The van der Waals surface area contributed by atoms with E-state index in [2.05, 4.69) is 9.71 Å². The lowest BCUT2D eigenvalue weighted by Crippen LogP contribution is -2.23. The molecule has 0 amide bonds. The van der Waals surface area contributed by atoms with Crippen LogP contribution in [0.4, 0.5) is 5.69 Å². The Labute approximate surface area is 193 Å². The first kappa shape index (κ1) is 22.1. The van der Waals surface area contributed by atoms with Gasteiger partial charge in [-0.25, -0.2) is 18.1 Å². The van der Waals surface area contributed by atoms with Crippen LogP contribution in [0.15, 0.2) is 83.1 Å². The molecule has 0 unspecified atom stereocenters. The number of aromatic nitrogens is 1. The lowest BCUT2D eigenvalue weighted by Gasteiger charge is -2.08. The summed E-state index contributed by atoms with van der Waals surface area (Å²) in [6.07, 6.45) is 0. The van der Waals surface area contributed by atoms with Gasteiger partial charge in [0.05, 0.1) is 15.5 Å². The summed E-state index contributed by atoms with van der Waals surface area (Å²) in [4.78, 5) is 14.7. The van der Waals surface area contributed by atoms with E-state index in [1.54, 1.807) is 0 Å². The molecule has 0 saturated heterocycles. The lowest BCUT2D eigenvalue weighted by molar-refractivity contribution is -0.384. The molecule has 1 aromatic heterocycles. The first-order valence-electron chi connectivity index (χ1n) is 9.37. The van der Waals surface area contributed by atoms with E-state index < -0.39 is 20.6 Å². The summed E-state index contributed by atoms with van der Waals surface area (Å²) in [5.74, 6) is 0. The van der Waals surface area contributed by atoms with Crippen molar-refractivity contribution in [3.63, 3.8) is 0 Å². The monoisotopic (exact) mass is 485 g/mol. The number of nitrogens with one attached hydrogen (secondary N) is 1. The number of thiazole rings is 1. The summed E-state index contributed by atoms with van der Waals surface area (Å²) in [6, 6.07) is 20.6. The molecule has 3 aromatic carbocycles. The van der Waals surface area contributed by atoms with Crippen LogP contribution in [0, 0.1) is 10.1 Å². The highest BCUT2D eigenvalue weighted by Gasteiger charge is 2.20. The molecule has 0 fully saturated rings. The van der Waals surface area contributed by atoms with E-state index >= 15 is 0 Å². The largest absolute Gasteiger partial charge is 0.289 e. The zero-order valence-electron chi connectivity index (χ0n) is 16.4. The van der Waals surface area contributed by atoms with Crippen LogP contribution in [-0.4, -0.2) is 18.3 Å². The van der Waals surface area contributed by atoms with E-state index in [1.807, 2.05) is 60.0 Å². The average Bonchev–Trinajstić information content (AvgIpc) is 3.29. The maximum absolute atomic E-state index is 12.5. The first-order chi connectivity index (χ1) is 15.3. The number of halogens is 1. The van der Waals surface area contributed by atoms with Gasteiger partial charge in [-0.2, -0.15) is 0 Å². The SMILES string of the molecule is O=[N+]([O-])c1cc(S(=O)(=O)NCc2ccc(-c3nc(-c4ccccc4)cs3)cc2)ccc1Cl. The van der Waals surface area contributed by atoms with E-state index in [9.17, 15) is 18.5 Å². The van der Waals surface area contributed by atoms with Crippen molar-refractivity contribution in [1.82, 2.24) is 9.71 Å². The van der Waals surface area contributed by atoms with E-state index in [1.165, 1.54) is 23.5 Å². The molecule has 0 aliphatic heterocycles. The van der Waals surface area contributed by atoms with Gasteiger partial charge in [-0.3, -0.25) is 10.1 Å². The number of nitro benzene ring substituents is 1. The molecule has 0 radical (unpaired) electrons. The second-order valence-corrected chi connectivity index (χ2v) is 9.83. The van der Waals surface area contributed by atoms with Crippen molar-refractivity contribution < 1.29 is 13.3 Å². The van der Waals surface area contributed by atoms with Crippen molar-refractivity contribution >= 4 is 38.6 Å². The maximum atomic E-state index is 12.5. The predicted molar refractivity (Wildman–Crippen MR) is 125 cm³/mol. The summed E-state index contributed by atoms with van der Waals surface area (Å²) in [6.45, 7) is 0.0339. The summed E-state index contributed by atoms with van der Waals surface area (Å²) in [5, 5.41) is 13.8. The van der Waals surface area contributed by atoms with E-state index in [0.29, 0.717) is 0 Å². The first-order valence-corrected chi connectivity index (χ1v) is 12.1. The van der Waals surface area contributed by atoms with Gasteiger partial charge < -0.3 is 0 Å². The molecule has 1 heterocycles. The molecule has 0 aliphatic rings. The number of hydrogen-bond donors (Lipinski definition) is 1. The predicted octanol–water partition coefficient (Wildman–Crippen LogP) is 5.52. The molecular weight excluding hydrogens is 470 g/mol. The Morgan fingerprint density at radius 2 is 1.72 bits per heavy atom. The smallest absolute Gasteiger partial charge is 0.258 e. The van der Waals surface area contributed by atoms with Gasteiger partial charge in [-0.15, -0.1) is 11.3 Å². The standard InChI is InChI=1S/C22H16ClN3O4S2/c23-19-11-10-18(12-21(19)26(27)28)32(29,30)24-13-15-6-8-17(9-7-15)22-25-20(14-31-22)16-4-2-1-3-5-16/h1-12,14,24H,13H2. The molecule has 4 rings (SSSR count). The minimum absolute atomic E-state index is 0.0339. The number of rotatable bonds is 7. The second-order valence-electron chi connectivity index (χ2n) is 6.80. The van der Waals surface area contributed by atoms with Crippen LogP contribution in [-0.2, 0) is 16.6 Å². The second kappa shape index (κ2) is 9.17. The van der Waals surface area contributed by atoms with Crippen LogP contribution in [0.1, 0.15) is 5.56 Å². The quantitative estimate of drug-likeness (QED) is 0.274. The van der Waals surface area contributed by atoms with Crippen LogP contribution in [0.25, 0.3) is 21.8 Å². The molecule has 10 heteroatoms. The third-order valence-corrected chi connectivity index (χ3v) is 7.28. The highest BCUT2D eigenvalue weighted by Crippen LogP contribution is 2.29. The van der Waals surface area contributed by atoms with E-state index in [-0.39, 0.29) is 16.5 Å². The highest BCUT2D eigenvalue weighted by atomic mass is 35.5. The van der Waals surface area contributed by atoms with E-state index in [4.69, 9.17) is 11.6 Å². The van der Waals surface area contributed by atoms with Gasteiger partial charge in [0.25, 0.3) is 5.69 Å². The van der Waals surface area contributed by atoms with Crippen LogP contribution in [0.3, 0.4) is 0 Å². The van der Waals surface area contributed by atoms with Crippen molar-refractivity contribution in [2.45, 2.75) is 11.4 Å². The van der Waals surface area contributed by atoms with Gasteiger partial charge in [0.1, 0.15) is 10.0 Å². The molecule has 0 aliphatic carbocycles. The Morgan fingerprint density at radius 3 is 2.41 bits per heavy atom. The van der Waals surface area contributed by atoms with Crippen molar-refractivity contribution in [2.24, 2.45) is 0 Å². The van der Waals surface area contributed by atoms with Crippen molar-refractivity contribution in [2.75, 3.05) is 0 Å². The van der Waals surface area contributed by atoms with Gasteiger partial charge in [-0.05, 0) is 17.7 Å².